The third kappa shape index (κ3) is 4.29. The van der Waals surface area contributed by atoms with Gasteiger partial charge in [-0.05, 0) is 25.0 Å². The van der Waals surface area contributed by atoms with Gasteiger partial charge in [0.2, 0.25) is 11.8 Å². The largest absolute Gasteiger partial charge is 0.481 e. The van der Waals surface area contributed by atoms with Gasteiger partial charge in [-0.3, -0.25) is 14.4 Å². The minimum absolute atomic E-state index is 0.133. The monoisotopic (exact) mass is 319 g/mol. The van der Waals surface area contributed by atoms with E-state index >= 15 is 0 Å². The molecule has 1 aromatic carbocycles. The van der Waals surface area contributed by atoms with Crippen molar-refractivity contribution < 1.29 is 19.5 Å². The van der Waals surface area contributed by atoms with E-state index in [9.17, 15) is 14.4 Å². The number of hydrogen-bond donors (Lipinski definition) is 2. The van der Waals surface area contributed by atoms with Crippen molar-refractivity contribution in [3.63, 3.8) is 0 Å². The van der Waals surface area contributed by atoms with Crippen LogP contribution in [-0.4, -0.2) is 54.0 Å². The van der Waals surface area contributed by atoms with Crippen LogP contribution in [0.4, 0.5) is 5.69 Å². The fraction of sp³-hybridized carbons (Fsp3) is 0.438. The number of aliphatic carboxylic acids is 1. The predicted molar refractivity (Wildman–Crippen MR) is 84.8 cm³/mol. The highest BCUT2D eigenvalue weighted by Crippen LogP contribution is 2.18. The molecule has 1 atom stereocenters. The summed E-state index contributed by atoms with van der Waals surface area (Å²) in [6, 6.07) is 8.84. The Kier molecular flexibility index (Phi) is 5.70. The minimum Gasteiger partial charge on any atom is -0.481 e. The van der Waals surface area contributed by atoms with Gasteiger partial charge in [0.05, 0.1) is 12.5 Å². The molecule has 2 rings (SSSR count). The molecule has 1 aliphatic rings. The van der Waals surface area contributed by atoms with Gasteiger partial charge in [0.25, 0.3) is 0 Å². The van der Waals surface area contributed by atoms with Gasteiger partial charge in [-0.25, -0.2) is 0 Å². The Morgan fingerprint density at radius 1 is 1.26 bits per heavy atom. The average molecular weight is 319 g/mol. The van der Waals surface area contributed by atoms with Crippen LogP contribution in [0.15, 0.2) is 30.3 Å². The summed E-state index contributed by atoms with van der Waals surface area (Å²) in [5.41, 5.74) is 6.03. The van der Waals surface area contributed by atoms with Crippen LogP contribution in [0.5, 0.6) is 0 Å². The minimum atomic E-state index is -0.888. The number of rotatable bonds is 5. The van der Waals surface area contributed by atoms with Crippen molar-refractivity contribution in [2.45, 2.75) is 12.8 Å². The van der Waals surface area contributed by atoms with Crippen LogP contribution in [0.25, 0.3) is 0 Å². The molecule has 0 spiro atoms. The lowest BCUT2D eigenvalue weighted by molar-refractivity contribution is -0.145. The maximum atomic E-state index is 12.5. The number of amides is 2. The van der Waals surface area contributed by atoms with Gasteiger partial charge in [0, 0.05) is 18.8 Å². The Balaban J connectivity index is 2.08. The molecule has 0 aromatic heterocycles. The molecule has 1 saturated heterocycles. The number of anilines is 1. The van der Waals surface area contributed by atoms with Gasteiger partial charge >= 0.3 is 5.97 Å². The van der Waals surface area contributed by atoms with Crippen LogP contribution in [0, 0.1) is 5.92 Å². The van der Waals surface area contributed by atoms with Crippen LogP contribution >= 0.6 is 0 Å². The molecule has 1 fully saturated rings. The predicted octanol–water partition coefficient (Wildman–Crippen LogP) is 0.302. The van der Waals surface area contributed by atoms with Gasteiger partial charge in [-0.15, -0.1) is 0 Å². The number of para-hydroxylation sites is 1. The molecule has 0 saturated carbocycles. The number of carbonyl (C=O) groups is 3. The number of carboxylic acid groups (broad SMARTS) is 1. The average Bonchev–Trinajstić information content (AvgIpc) is 2.59. The number of piperidine rings is 1. The summed E-state index contributed by atoms with van der Waals surface area (Å²) >= 11 is 0. The first kappa shape index (κ1) is 17.0. The van der Waals surface area contributed by atoms with Crippen LogP contribution in [-0.2, 0) is 14.4 Å². The summed E-state index contributed by atoms with van der Waals surface area (Å²) in [4.78, 5) is 38.5. The number of nitrogens with two attached hydrogens (primary N) is 1. The van der Waals surface area contributed by atoms with Gasteiger partial charge < -0.3 is 20.6 Å². The Morgan fingerprint density at radius 3 is 2.57 bits per heavy atom. The molecule has 1 aliphatic heterocycles. The van der Waals surface area contributed by atoms with Gasteiger partial charge in [-0.1, -0.05) is 18.2 Å². The summed E-state index contributed by atoms with van der Waals surface area (Å²) in [6.45, 7) is 0.377. The number of hydrogen-bond acceptors (Lipinski definition) is 4. The summed E-state index contributed by atoms with van der Waals surface area (Å²) in [5, 5.41) is 9.10. The van der Waals surface area contributed by atoms with Gasteiger partial charge in [0.15, 0.2) is 0 Å². The molecule has 1 heterocycles. The van der Waals surface area contributed by atoms with Gasteiger partial charge in [0.1, 0.15) is 6.54 Å². The highest BCUT2D eigenvalue weighted by molar-refractivity contribution is 5.99. The molecule has 0 bridgehead atoms. The topological polar surface area (TPSA) is 104 Å². The van der Waals surface area contributed by atoms with E-state index in [1.165, 1.54) is 9.80 Å². The third-order valence-corrected chi connectivity index (χ3v) is 3.96. The first-order valence-electron chi connectivity index (χ1n) is 7.59. The molecule has 7 nitrogen and oxygen atoms in total. The molecule has 23 heavy (non-hydrogen) atoms. The van der Waals surface area contributed by atoms with E-state index in [0.29, 0.717) is 25.1 Å². The molecular weight excluding hydrogens is 298 g/mol. The first-order valence-corrected chi connectivity index (χ1v) is 7.59. The van der Waals surface area contributed by atoms with Crippen molar-refractivity contribution in [1.29, 1.82) is 0 Å². The highest BCUT2D eigenvalue weighted by atomic mass is 16.4. The van der Waals surface area contributed by atoms with Gasteiger partial charge in [-0.2, -0.15) is 0 Å². The second-order valence-electron chi connectivity index (χ2n) is 5.54. The second-order valence-corrected chi connectivity index (χ2v) is 5.54. The number of carboxylic acids is 1. The maximum Gasteiger partial charge on any atom is 0.308 e. The van der Waals surface area contributed by atoms with Crippen LogP contribution in [0.1, 0.15) is 12.8 Å². The Morgan fingerprint density at radius 2 is 1.96 bits per heavy atom. The summed E-state index contributed by atoms with van der Waals surface area (Å²) in [7, 11) is 0. The van der Waals surface area contributed by atoms with E-state index in [4.69, 9.17) is 10.8 Å². The first-order chi connectivity index (χ1) is 11.0. The lowest BCUT2D eigenvalue weighted by atomic mass is 9.98. The summed E-state index contributed by atoms with van der Waals surface area (Å²) < 4.78 is 0. The smallest absolute Gasteiger partial charge is 0.308 e. The fourth-order valence-electron chi connectivity index (χ4n) is 2.68. The summed E-state index contributed by atoms with van der Waals surface area (Å²) in [6.07, 6.45) is 1.22. The molecule has 3 N–H and O–H groups in total. The van der Waals surface area contributed by atoms with Crippen LogP contribution in [0.3, 0.4) is 0 Å². The van der Waals surface area contributed by atoms with Crippen molar-refractivity contribution >= 4 is 23.5 Å². The summed E-state index contributed by atoms with van der Waals surface area (Å²) in [5.74, 6) is -2.04. The highest BCUT2D eigenvalue weighted by Gasteiger charge is 2.29. The Hall–Kier alpha value is -2.41. The van der Waals surface area contributed by atoms with Crippen molar-refractivity contribution in [3.05, 3.63) is 30.3 Å². The lowest BCUT2D eigenvalue weighted by Gasteiger charge is -2.32. The zero-order chi connectivity index (χ0) is 16.8. The van der Waals surface area contributed by atoms with E-state index in [-0.39, 0.29) is 31.4 Å². The Labute approximate surface area is 134 Å². The van der Waals surface area contributed by atoms with Crippen LogP contribution < -0.4 is 10.6 Å². The van der Waals surface area contributed by atoms with Crippen molar-refractivity contribution in [3.8, 4) is 0 Å². The van der Waals surface area contributed by atoms with Crippen molar-refractivity contribution in [2.24, 2.45) is 11.7 Å². The lowest BCUT2D eigenvalue weighted by Crippen LogP contribution is -2.48. The standard InChI is InChI=1S/C16H21N3O4/c17-9-14(20)19(13-6-2-1-3-7-13)11-15(21)18-8-4-5-12(10-18)16(22)23/h1-3,6-7,12H,4-5,8-11,17H2,(H,22,23)/t12-/m0/s1. The maximum absolute atomic E-state index is 12.5. The van der Waals surface area contributed by atoms with E-state index in [1.807, 2.05) is 6.07 Å². The van der Waals surface area contributed by atoms with Crippen molar-refractivity contribution in [1.82, 2.24) is 4.90 Å². The molecule has 2 amide bonds. The molecule has 124 valence electrons. The fourth-order valence-corrected chi connectivity index (χ4v) is 2.68. The Bertz CT molecular complexity index is 576. The van der Waals surface area contributed by atoms with Crippen LogP contribution in [0.2, 0.25) is 0 Å². The number of nitrogens with zero attached hydrogens (tertiary/aromatic N) is 2. The number of carbonyl (C=O) groups excluding carboxylic acids is 2. The third-order valence-electron chi connectivity index (χ3n) is 3.96. The molecule has 0 aliphatic carbocycles. The molecule has 7 heteroatoms. The normalized spacial score (nSPS) is 17.6. The molecule has 0 radical (unpaired) electrons. The quantitative estimate of drug-likeness (QED) is 0.812. The van der Waals surface area contributed by atoms with E-state index in [1.54, 1.807) is 24.3 Å². The SMILES string of the molecule is NCC(=O)N(CC(=O)N1CCC[C@H](C(=O)O)C1)c1ccccc1. The number of likely N-dealkylation sites (tertiary alicyclic amines) is 1. The molecule has 0 unspecified atom stereocenters. The van der Waals surface area contributed by atoms with E-state index < -0.39 is 11.9 Å². The molecule has 1 aromatic rings. The zero-order valence-electron chi connectivity index (χ0n) is 12.9. The van der Waals surface area contributed by atoms with Crippen molar-refractivity contribution in [2.75, 3.05) is 31.1 Å². The zero-order valence-corrected chi connectivity index (χ0v) is 12.9. The molecular formula is C16H21N3O4. The second kappa shape index (κ2) is 7.73. The van der Waals surface area contributed by atoms with E-state index in [0.717, 1.165) is 0 Å². The number of benzene rings is 1. The van der Waals surface area contributed by atoms with E-state index in [2.05, 4.69) is 0 Å².